The minimum absolute atomic E-state index is 0.253. The maximum Gasteiger partial charge on any atom is 0.276 e. The number of carbonyl (C=O) groups excluding carboxylic acids is 2. The largest absolute Gasteiger partial charge is 0.490 e. The minimum atomic E-state index is -0.491. The highest BCUT2D eigenvalue weighted by Gasteiger charge is 2.14. The summed E-state index contributed by atoms with van der Waals surface area (Å²) in [7, 11) is 0. The van der Waals surface area contributed by atoms with Gasteiger partial charge in [-0.3, -0.25) is 20.4 Å². The van der Waals surface area contributed by atoms with E-state index in [1.807, 2.05) is 55.5 Å². The minimum Gasteiger partial charge on any atom is -0.490 e. The quantitative estimate of drug-likeness (QED) is 0.376. The molecule has 0 aliphatic rings. The highest BCUT2D eigenvalue weighted by molar-refractivity contribution is 5.97. The van der Waals surface area contributed by atoms with Crippen molar-refractivity contribution in [2.24, 2.45) is 0 Å². The summed E-state index contributed by atoms with van der Waals surface area (Å²) >= 11 is 0. The fraction of sp³-hybridized carbons (Fsp3) is 0.200. The molecule has 166 valence electrons. The van der Waals surface area contributed by atoms with Crippen molar-refractivity contribution < 1.29 is 23.8 Å². The number of ether oxygens (including phenoxy) is 3. The number of hydrogen-bond acceptors (Lipinski definition) is 5. The van der Waals surface area contributed by atoms with E-state index in [-0.39, 0.29) is 6.61 Å². The Kier molecular flexibility index (Phi) is 8.65. The summed E-state index contributed by atoms with van der Waals surface area (Å²) < 4.78 is 16.5. The van der Waals surface area contributed by atoms with Crippen LogP contribution in [0.2, 0.25) is 0 Å². The topological polar surface area (TPSA) is 85.9 Å². The zero-order chi connectivity index (χ0) is 22.6. The lowest BCUT2D eigenvalue weighted by atomic mass is 10.1. The van der Waals surface area contributed by atoms with Crippen LogP contribution in [0, 0.1) is 0 Å². The number of carbonyl (C=O) groups is 2. The van der Waals surface area contributed by atoms with E-state index in [9.17, 15) is 9.59 Å². The van der Waals surface area contributed by atoms with E-state index in [0.717, 1.165) is 11.1 Å². The summed E-state index contributed by atoms with van der Waals surface area (Å²) in [5.41, 5.74) is 6.93. The van der Waals surface area contributed by atoms with E-state index in [4.69, 9.17) is 14.2 Å². The van der Waals surface area contributed by atoms with Crippen LogP contribution in [-0.4, -0.2) is 38.2 Å². The van der Waals surface area contributed by atoms with Crippen molar-refractivity contribution in [3.8, 4) is 22.6 Å². The van der Waals surface area contributed by atoms with Crippen molar-refractivity contribution in [2.45, 2.75) is 6.92 Å². The van der Waals surface area contributed by atoms with Crippen LogP contribution in [0.1, 0.15) is 17.3 Å². The first-order valence-electron chi connectivity index (χ1n) is 10.3. The van der Waals surface area contributed by atoms with Gasteiger partial charge in [0, 0.05) is 12.2 Å². The molecule has 3 aromatic carbocycles. The summed E-state index contributed by atoms with van der Waals surface area (Å²) in [6.07, 6.45) is 0. The van der Waals surface area contributed by atoms with Gasteiger partial charge in [-0.05, 0) is 30.7 Å². The number of amides is 2. The molecule has 0 bridgehead atoms. The van der Waals surface area contributed by atoms with Gasteiger partial charge in [0.1, 0.15) is 18.1 Å². The molecule has 0 aliphatic heterocycles. The molecular weight excluding hydrogens is 408 g/mol. The summed E-state index contributed by atoms with van der Waals surface area (Å²) in [5, 5.41) is 0. The van der Waals surface area contributed by atoms with Crippen LogP contribution >= 0.6 is 0 Å². The van der Waals surface area contributed by atoms with E-state index >= 15 is 0 Å². The van der Waals surface area contributed by atoms with Gasteiger partial charge >= 0.3 is 0 Å². The monoisotopic (exact) mass is 434 g/mol. The molecule has 0 aliphatic carbocycles. The number of rotatable bonds is 10. The third kappa shape index (κ3) is 6.58. The van der Waals surface area contributed by atoms with Gasteiger partial charge in [0.2, 0.25) is 0 Å². The molecule has 2 amide bonds. The number of hydrazine groups is 1. The van der Waals surface area contributed by atoms with Gasteiger partial charge in [-0.25, -0.2) is 0 Å². The average molecular weight is 434 g/mol. The fourth-order valence-corrected chi connectivity index (χ4v) is 2.96. The predicted molar refractivity (Wildman–Crippen MR) is 121 cm³/mol. The van der Waals surface area contributed by atoms with E-state index in [1.165, 1.54) is 0 Å². The number of para-hydroxylation sites is 2. The molecule has 0 atom stereocenters. The lowest BCUT2D eigenvalue weighted by Crippen LogP contribution is -2.44. The predicted octanol–water partition coefficient (Wildman–Crippen LogP) is 3.61. The van der Waals surface area contributed by atoms with E-state index in [0.29, 0.717) is 36.9 Å². The van der Waals surface area contributed by atoms with E-state index < -0.39 is 11.8 Å². The molecule has 0 saturated carbocycles. The summed E-state index contributed by atoms with van der Waals surface area (Å²) in [5.74, 6) is 0.00576. The average Bonchev–Trinajstić information content (AvgIpc) is 2.85. The normalized spacial score (nSPS) is 10.3. The molecule has 0 unspecified atom stereocenters. The first kappa shape index (κ1) is 22.8. The Morgan fingerprint density at radius 3 is 2.22 bits per heavy atom. The van der Waals surface area contributed by atoms with Crippen molar-refractivity contribution in [1.29, 1.82) is 0 Å². The van der Waals surface area contributed by atoms with Crippen LogP contribution in [0.5, 0.6) is 11.5 Å². The molecule has 0 spiro atoms. The maximum absolute atomic E-state index is 12.5. The van der Waals surface area contributed by atoms with E-state index in [1.54, 1.807) is 30.3 Å². The Bertz CT molecular complexity index is 1020. The van der Waals surface area contributed by atoms with Crippen LogP contribution in [-0.2, 0) is 9.53 Å². The summed E-state index contributed by atoms with van der Waals surface area (Å²) in [6.45, 7) is 2.98. The molecule has 2 N–H and O–H groups in total. The Morgan fingerprint density at radius 1 is 0.750 bits per heavy atom. The van der Waals surface area contributed by atoms with Crippen molar-refractivity contribution >= 4 is 11.8 Å². The molecule has 7 nitrogen and oxygen atoms in total. The zero-order valence-electron chi connectivity index (χ0n) is 17.9. The van der Waals surface area contributed by atoms with Gasteiger partial charge in [-0.15, -0.1) is 0 Å². The SMILES string of the molecule is CCOCCOc1ccccc1C(=O)NNC(=O)COc1ccccc1-c1ccccc1. The lowest BCUT2D eigenvalue weighted by molar-refractivity contribution is -0.123. The molecule has 3 rings (SSSR count). The zero-order valence-corrected chi connectivity index (χ0v) is 17.9. The standard InChI is InChI=1S/C25H26N2O5/c1-2-30-16-17-31-23-15-9-7-13-21(23)25(29)27-26-24(28)18-32-22-14-8-6-12-20(22)19-10-4-3-5-11-19/h3-15H,2,16-18H2,1H3,(H,26,28)(H,27,29). The molecular formula is C25H26N2O5. The van der Waals surface area contributed by atoms with Crippen LogP contribution in [0.25, 0.3) is 11.1 Å². The third-order valence-corrected chi connectivity index (χ3v) is 4.47. The fourth-order valence-electron chi connectivity index (χ4n) is 2.96. The summed E-state index contributed by atoms with van der Waals surface area (Å²) in [4.78, 5) is 24.7. The number of benzene rings is 3. The van der Waals surface area contributed by atoms with Crippen molar-refractivity contribution in [1.82, 2.24) is 10.9 Å². The second-order valence-electron chi connectivity index (χ2n) is 6.69. The Hall–Kier alpha value is -3.84. The van der Waals surface area contributed by atoms with Gasteiger partial charge in [0.25, 0.3) is 11.8 Å². The molecule has 0 aromatic heterocycles. The smallest absolute Gasteiger partial charge is 0.276 e. The van der Waals surface area contributed by atoms with Crippen molar-refractivity contribution in [3.05, 3.63) is 84.4 Å². The molecule has 32 heavy (non-hydrogen) atoms. The van der Waals surface area contributed by atoms with Gasteiger partial charge in [-0.2, -0.15) is 0 Å². The number of nitrogens with one attached hydrogen (secondary N) is 2. The first-order valence-corrected chi connectivity index (χ1v) is 10.3. The van der Waals surface area contributed by atoms with Gasteiger partial charge in [0.15, 0.2) is 6.61 Å². The second kappa shape index (κ2) is 12.1. The maximum atomic E-state index is 12.5. The van der Waals surface area contributed by atoms with Crippen molar-refractivity contribution in [2.75, 3.05) is 26.4 Å². The number of hydrogen-bond donors (Lipinski definition) is 2. The van der Waals surface area contributed by atoms with Gasteiger partial charge in [-0.1, -0.05) is 60.7 Å². The first-order chi connectivity index (χ1) is 15.7. The van der Waals surface area contributed by atoms with Crippen LogP contribution in [0.4, 0.5) is 0 Å². The summed E-state index contributed by atoms with van der Waals surface area (Å²) in [6, 6.07) is 24.0. The molecule has 0 saturated heterocycles. The Labute approximate surface area is 187 Å². The molecule has 0 heterocycles. The van der Waals surface area contributed by atoms with Crippen LogP contribution in [0.3, 0.4) is 0 Å². The van der Waals surface area contributed by atoms with Crippen LogP contribution in [0.15, 0.2) is 78.9 Å². The third-order valence-electron chi connectivity index (χ3n) is 4.47. The molecule has 0 fully saturated rings. The van der Waals surface area contributed by atoms with Crippen LogP contribution < -0.4 is 20.3 Å². The molecule has 3 aromatic rings. The van der Waals surface area contributed by atoms with Crippen molar-refractivity contribution in [3.63, 3.8) is 0 Å². The second-order valence-corrected chi connectivity index (χ2v) is 6.69. The highest BCUT2D eigenvalue weighted by Crippen LogP contribution is 2.29. The Morgan fingerprint density at radius 2 is 1.44 bits per heavy atom. The Balaban J connectivity index is 1.53. The molecule has 0 radical (unpaired) electrons. The van der Waals surface area contributed by atoms with E-state index in [2.05, 4.69) is 10.9 Å². The van der Waals surface area contributed by atoms with Gasteiger partial charge < -0.3 is 14.2 Å². The molecule has 7 heteroatoms. The lowest BCUT2D eigenvalue weighted by Gasteiger charge is -2.13. The van der Waals surface area contributed by atoms with Gasteiger partial charge in [0.05, 0.1) is 12.2 Å². The highest BCUT2D eigenvalue weighted by atomic mass is 16.5.